The Morgan fingerprint density at radius 2 is 0.920 bits per heavy atom. The zero-order chi connectivity index (χ0) is 70.3. The van der Waals surface area contributed by atoms with Gasteiger partial charge in [-0.2, -0.15) is 10.2 Å². The van der Waals surface area contributed by atoms with E-state index in [2.05, 4.69) is 125 Å². The third-order valence-corrected chi connectivity index (χ3v) is 18.5. The fourth-order valence-electron chi connectivity index (χ4n) is 13.7. The summed E-state index contributed by atoms with van der Waals surface area (Å²) in [4.78, 5) is 80.7. The molecule has 0 saturated heterocycles. The Bertz CT molecular complexity index is 4330. The smallest absolute Gasteiger partial charge is 0.339 e. The first-order valence-electron chi connectivity index (χ1n) is 33.9. The molecule has 0 radical (unpaired) electrons. The van der Waals surface area contributed by atoms with E-state index in [1.807, 2.05) is 84.9 Å². The van der Waals surface area contributed by atoms with E-state index in [9.17, 15) is 38.1 Å². The van der Waals surface area contributed by atoms with Crippen molar-refractivity contribution < 1.29 is 43.2 Å². The average Bonchev–Trinajstić information content (AvgIpc) is 1.51. The topological polar surface area (TPSA) is 245 Å². The molecule has 3 unspecified atom stereocenters. The number of carboxylic acid groups (broad SMARTS) is 1. The van der Waals surface area contributed by atoms with Crippen LogP contribution in [0.5, 0.6) is 0 Å². The van der Waals surface area contributed by atoms with E-state index in [1.165, 1.54) is 38.9 Å². The minimum atomic E-state index is -3.22. The van der Waals surface area contributed by atoms with E-state index < -0.39 is 11.2 Å². The molecule has 2 aromatic heterocycles. The van der Waals surface area contributed by atoms with E-state index in [-0.39, 0.29) is 53.7 Å². The quantitative estimate of drug-likeness (QED) is 0.0825. The van der Waals surface area contributed by atoms with Crippen LogP contribution in [-0.4, -0.2) is 73.0 Å². The number of nitrogens with one attached hydrogen (secondary N) is 2. The summed E-state index contributed by atoms with van der Waals surface area (Å²) in [5, 5.41) is 25.2. The van der Waals surface area contributed by atoms with Crippen LogP contribution >= 0.6 is 50.5 Å². The number of carbonyl (C=O) groups is 6. The molecular weight excluding hydrogens is 1620 g/mol. The van der Waals surface area contributed by atoms with Crippen molar-refractivity contribution in [1.29, 1.82) is 0 Å². The standard InChI is InChI=1S/C15H18O3.C13H11ClN2.C13H14N2O.C13H12N2O.C13H14O3.C11H12O.Cl3OP.Db/c1-2-18-14(16)10-12-8-5-7-11-6-3-4-9-13(11)15(12)17;14-12-8-10-6-3-5-9-4-1-2-7-11(9)13(10)16-15-12;2*16-12-8-10-6-3-5-9-4-1-2-7-11(9)13(10)15-14-12;14-12(15)8-10-6-3-5-9-4-1-2-7-11(9)13(10)16;12-11-8-4-2-6-9-5-1-3-7-10(9)11;1-5(2,3)4;/h3-4,6,9,12H,2,5,7-8,10H2,1H3;1-2,4,7-8H,3,5-6H2;1-2,4,7,10H,3,5-6,8H2,(H,14,16);1-2,4,7-8H,3,5-6H2,(H,14,16);1-2,4,7,10H,3,5-6,8H2,(H,14,15);1,3,5,7H,2,4,6,8H2;;. The number of rotatable bonds is 5. The van der Waals surface area contributed by atoms with Crippen LogP contribution in [-0.2, 0) is 75.1 Å². The Kier molecular flexibility index (Phi) is 28.9. The number of benzene rings is 6. The van der Waals surface area contributed by atoms with Gasteiger partial charge in [0.25, 0.3) is 5.56 Å². The molecule has 15 rings (SSSR count). The van der Waals surface area contributed by atoms with Crippen molar-refractivity contribution in [2.75, 3.05) is 6.61 Å². The fraction of sp³-hybridized carbons (Fsp3) is 0.346. The summed E-state index contributed by atoms with van der Waals surface area (Å²) in [5.74, 6) is -0.943. The number of carbonyl (C=O) groups excluding carboxylic acids is 5. The first kappa shape index (κ1) is 76.5. The summed E-state index contributed by atoms with van der Waals surface area (Å²) in [6.07, 6.45) is 19.5. The number of hydrogen-bond donors (Lipinski definition) is 3. The van der Waals surface area contributed by atoms with Gasteiger partial charge in [-0.15, -0.1) is 10.2 Å². The summed E-state index contributed by atoms with van der Waals surface area (Å²) in [7, 11) is 0. The summed E-state index contributed by atoms with van der Waals surface area (Å²) >= 11 is 19.7. The predicted molar refractivity (Wildman–Crippen MR) is 390 cm³/mol. The van der Waals surface area contributed by atoms with E-state index in [0.717, 1.165) is 166 Å². The molecule has 22 heteroatoms. The number of aromatic nitrogens is 4. The van der Waals surface area contributed by atoms with E-state index in [4.69, 9.17) is 21.4 Å². The molecule has 1 amide bonds. The van der Waals surface area contributed by atoms with Gasteiger partial charge in [0.1, 0.15) is 0 Å². The van der Waals surface area contributed by atoms with Crippen molar-refractivity contribution in [3.05, 3.63) is 240 Å². The van der Waals surface area contributed by atoms with E-state index in [1.54, 1.807) is 19.1 Å². The number of amides is 1. The molecule has 0 bridgehead atoms. The van der Waals surface area contributed by atoms with Gasteiger partial charge in [0.15, 0.2) is 22.5 Å². The molecule has 6 aromatic carbocycles. The molecule has 100 heavy (non-hydrogen) atoms. The van der Waals surface area contributed by atoms with Crippen LogP contribution in [0.3, 0.4) is 0 Å². The molecule has 3 heterocycles. The van der Waals surface area contributed by atoms with Gasteiger partial charge in [-0.1, -0.05) is 157 Å². The van der Waals surface area contributed by atoms with Crippen molar-refractivity contribution in [3.8, 4) is 22.5 Å². The van der Waals surface area contributed by atoms with Gasteiger partial charge in [0, 0.05) is 70.0 Å². The summed E-state index contributed by atoms with van der Waals surface area (Å²) in [6.45, 7) is 2.15. The van der Waals surface area contributed by atoms with Crippen LogP contribution in [0.15, 0.2) is 168 Å². The minimum Gasteiger partial charge on any atom is -0.481 e. The first-order valence-corrected chi connectivity index (χ1v) is 38.7. The van der Waals surface area contributed by atoms with E-state index >= 15 is 0 Å². The Morgan fingerprint density at radius 1 is 0.510 bits per heavy atom. The Hall–Kier alpha value is -9.24. The van der Waals surface area contributed by atoms with Crippen LogP contribution in [0.1, 0.15) is 178 Å². The Balaban J connectivity index is 0.000000151. The first-order chi connectivity index (χ1) is 47.8. The van der Waals surface area contributed by atoms with Gasteiger partial charge < -0.3 is 9.84 Å². The second kappa shape index (κ2) is 37.8. The maximum absolute atomic E-state index is 12.4. The average molecular weight is 1700 g/mol. The maximum Gasteiger partial charge on any atom is 0.339 e. The van der Waals surface area contributed by atoms with Crippen LogP contribution in [0.25, 0.3) is 22.5 Å². The van der Waals surface area contributed by atoms with Gasteiger partial charge in [0.05, 0.1) is 36.5 Å². The molecule has 8 aromatic rings. The molecule has 3 atom stereocenters. The number of halogens is 4. The van der Waals surface area contributed by atoms with Crippen LogP contribution in [0, 0.1) is 17.8 Å². The third kappa shape index (κ3) is 22.1. The van der Waals surface area contributed by atoms with Gasteiger partial charge in [-0.05, 0) is 207 Å². The minimum absolute atomic E-state index is 0. The number of aryl methyl sites for hydroxylation is 8. The molecule has 0 spiro atoms. The summed E-state index contributed by atoms with van der Waals surface area (Å²) < 4.78 is 14.4. The zero-order valence-electron chi connectivity index (χ0n) is 56.1. The third-order valence-electron chi connectivity index (χ3n) is 18.3. The number of esters is 1. The molecular formula is C78H81Cl4DbN6O10P. The van der Waals surface area contributed by atoms with Gasteiger partial charge in [-0.25, -0.2) is 10.5 Å². The number of Topliss-reactive ketones (excluding diaryl/α,β-unsaturated/α-hetero) is 3. The van der Waals surface area contributed by atoms with Crippen molar-refractivity contribution >= 4 is 91.4 Å². The van der Waals surface area contributed by atoms with Crippen molar-refractivity contribution in [2.45, 2.75) is 148 Å². The zero-order valence-corrected chi connectivity index (χ0v) is 66.4. The van der Waals surface area contributed by atoms with Gasteiger partial charge in [0.2, 0.25) is 5.91 Å². The number of ether oxygens (including phenoxy) is 1. The second-order valence-corrected chi connectivity index (χ2v) is 32.2. The fourth-order valence-corrected chi connectivity index (χ4v) is 13.9. The number of hydrazone groups is 1. The number of aliphatic carboxylic acids is 1. The molecule has 6 aliphatic carbocycles. The largest absolute Gasteiger partial charge is 0.481 e. The number of ketones is 3. The number of H-pyrrole nitrogens is 1. The van der Waals surface area contributed by atoms with Crippen molar-refractivity contribution in [3.63, 3.8) is 0 Å². The molecule has 7 aliphatic rings. The molecule has 3 N–H and O–H groups in total. The number of nitrogens with zero attached hydrogens (tertiary/aromatic N) is 4. The normalized spacial score (nSPS) is 17.4. The SMILES string of the molecule is CCOC(=O)CC1CCCc2ccccc2C1=O.Clc1cc2c(nn1)-c1ccccc1CCC2.O=C(O)CC1CCCc2ccccc2C1=O.O=C1CC2CCCc3ccccc3C2=NN1.O=C1CCCCc2ccccc21.O=P(Cl)(Cl)Cl.O=c1cc2c(n[nH]1)-c1ccccc1CCC2.[Db]. The van der Waals surface area contributed by atoms with Gasteiger partial charge >= 0.3 is 17.1 Å². The van der Waals surface area contributed by atoms with Crippen LogP contribution in [0.4, 0.5) is 0 Å². The molecule has 0 saturated carbocycles. The maximum atomic E-state index is 12.4. The molecule has 1 aliphatic heterocycles. The summed E-state index contributed by atoms with van der Waals surface area (Å²) in [6, 6.07) is 51.9. The number of hydrogen-bond acceptors (Lipinski definition) is 13. The Morgan fingerprint density at radius 3 is 1.46 bits per heavy atom. The van der Waals surface area contributed by atoms with Crippen molar-refractivity contribution in [1.82, 2.24) is 25.8 Å². The van der Waals surface area contributed by atoms with Crippen LogP contribution < -0.4 is 11.0 Å². The molecule has 16 nitrogen and oxygen atoms in total. The summed E-state index contributed by atoms with van der Waals surface area (Å²) in [5.41, 5.74) is 21.3. The predicted octanol–water partition coefficient (Wildman–Crippen LogP) is 17.6. The van der Waals surface area contributed by atoms with Gasteiger partial charge in [-0.3, -0.25) is 38.1 Å². The van der Waals surface area contributed by atoms with Crippen LogP contribution in [0.2, 0.25) is 5.15 Å². The number of carboxylic acids is 1. The molecule has 518 valence electrons. The second-order valence-electron chi connectivity index (χ2n) is 25.2. The number of fused-ring (bicyclic) bond motifs is 12. The van der Waals surface area contributed by atoms with Crippen molar-refractivity contribution in [2.24, 2.45) is 22.9 Å². The number of aromatic amines is 1. The van der Waals surface area contributed by atoms with E-state index in [0.29, 0.717) is 41.9 Å². The monoisotopic (exact) mass is 1700 g/mol. The molecule has 0 fully saturated rings. The Labute approximate surface area is 596 Å².